The molecule has 1 aromatic carbocycles. The van der Waals surface area contributed by atoms with Crippen molar-refractivity contribution < 1.29 is 14.7 Å². The van der Waals surface area contributed by atoms with Crippen LogP contribution in [0.1, 0.15) is 41.6 Å². The third kappa shape index (κ3) is 2.91. The van der Waals surface area contributed by atoms with Crippen molar-refractivity contribution in [1.82, 2.24) is 5.32 Å². The highest BCUT2D eigenvalue weighted by Gasteiger charge is 2.42. The molecule has 0 saturated heterocycles. The summed E-state index contributed by atoms with van der Waals surface area (Å²) in [6.45, 7) is 1.91. The van der Waals surface area contributed by atoms with Gasteiger partial charge in [-0.2, -0.15) is 0 Å². The molecule has 1 aliphatic carbocycles. The molecule has 1 aromatic rings. The molecule has 0 heterocycles. The second-order valence-electron chi connectivity index (χ2n) is 5.03. The highest BCUT2D eigenvalue weighted by molar-refractivity contribution is 14.1. The number of amides is 1. The van der Waals surface area contributed by atoms with Crippen molar-refractivity contribution in [2.24, 2.45) is 0 Å². The average molecular weight is 373 g/mol. The second kappa shape index (κ2) is 5.48. The van der Waals surface area contributed by atoms with Crippen molar-refractivity contribution in [3.05, 3.63) is 32.9 Å². The molecule has 1 amide bonds. The molecule has 0 aliphatic heterocycles. The first-order chi connectivity index (χ1) is 8.94. The standard InChI is InChI=1S/C14H16INO3/c1-9-4-5-11(15)10(8-9)12(17)16-14(13(18)19)6-2-3-7-14/h4-5,8H,2-3,6-7H2,1H3,(H,16,17)(H,18,19). The molecule has 2 rings (SSSR count). The lowest BCUT2D eigenvalue weighted by Crippen LogP contribution is -2.52. The number of carbonyl (C=O) groups excluding carboxylic acids is 1. The minimum Gasteiger partial charge on any atom is -0.480 e. The largest absolute Gasteiger partial charge is 0.480 e. The van der Waals surface area contributed by atoms with E-state index in [1.54, 1.807) is 6.07 Å². The van der Waals surface area contributed by atoms with Gasteiger partial charge in [-0.1, -0.05) is 24.5 Å². The topological polar surface area (TPSA) is 66.4 Å². The molecule has 0 spiro atoms. The molecule has 19 heavy (non-hydrogen) atoms. The van der Waals surface area contributed by atoms with Gasteiger partial charge in [0, 0.05) is 3.57 Å². The van der Waals surface area contributed by atoms with Crippen LogP contribution in [0.4, 0.5) is 0 Å². The molecule has 1 fully saturated rings. The number of carboxylic acids is 1. The normalized spacial score (nSPS) is 17.2. The predicted molar refractivity (Wildman–Crippen MR) is 80.2 cm³/mol. The lowest BCUT2D eigenvalue weighted by molar-refractivity contribution is -0.144. The summed E-state index contributed by atoms with van der Waals surface area (Å²) in [5, 5.41) is 12.1. The maximum Gasteiger partial charge on any atom is 0.329 e. The molecule has 0 aromatic heterocycles. The van der Waals surface area contributed by atoms with Crippen LogP contribution in [-0.4, -0.2) is 22.5 Å². The van der Waals surface area contributed by atoms with E-state index in [0.29, 0.717) is 18.4 Å². The average Bonchev–Trinajstić information content (AvgIpc) is 2.82. The van der Waals surface area contributed by atoms with Gasteiger partial charge in [0.05, 0.1) is 5.56 Å². The van der Waals surface area contributed by atoms with Gasteiger partial charge in [-0.3, -0.25) is 4.79 Å². The Balaban J connectivity index is 2.25. The molecule has 2 N–H and O–H groups in total. The van der Waals surface area contributed by atoms with E-state index in [4.69, 9.17) is 0 Å². The van der Waals surface area contributed by atoms with E-state index in [1.165, 1.54) is 0 Å². The Labute approximate surface area is 125 Å². The smallest absolute Gasteiger partial charge is 0.329 e. The van der Waals surface area contributed by atoms with E-state index >= 15 is 0 Å². The summed E-state index contributed by atoms with van der Waals surface area (Å²) in [6.07, 6.45) is 2.71. The minimum atomic E-state index is -1.08. The molecule has 0 radical (unpaired) electrons. The number of benzene rings is 1. The van der Waals surface area contributed by atoms with Crippen LogP contribution in [0.2, 0.25) is 0 Å². The Morgan fingerprint density at radius 1 is 1.32 bits per heavy atom. The fourth-order valence-electron chi connectivity index (χ4n) is 2.47. The second-order valence-corrected chi connectivity index (χ2v) is 6.19. The molecule has 0 bridgehead atoms. The molecule has 102 valence electrons. The van der Waals surface area contributed by atoms with Crippen LogP contribution >= 0.6 is 22.6 Å². The van der Waals surface area contributed by atoms with Crippen molar-refractivity contribution in [3.8, 4) is 0 Å². The Bertz CT molecular complexity index is 521. The van der Waals surface area contributed by atoms with Gasteiger partial charge < -0.3 is 10.4 Å². The number of rotatable bonds is 3. The van der Waals surface area contributed by atoms with E-state index in [-0.39, 0.29) is 5.91 Å². The molecule has 0 unspecified atom stereocenters. The van der Waals surface area contributed by atoms with Crippen LogP contribution in [-0.2, 0) is 4.79 Å². The van der Waals surface area contributed by atoms with Crippen LogP contribution in [0.3, 0.4) is 0 Å². The number of nitrogens with one attached hydrogen (secondary N) is 1. The van der Waals surface area contributed by atoms with E-state index in [1.807, 2.05) is 19.1 Å². The van der Waals surface area contributed by atoms with Crippen molar-refractivity contribution in [2.75, 3.05) is 0 Å². The summed E-state index contributed by atoms with van der Waals surface area (Å²) in [6, 6.07) is 5.59. The summed E-state index contributed by atoms with van der Waals surface area (Å²) in [5.41, 5.74) is 0.457. The van der Waals surface area contributed by atoms with Crippen molar-refractivity contribution in [3.63, 3.8) is 0 Å². The number of carboxylic acid groups (broad SMARTS) is 1. The van der Waals surface area contributed by atoms with Gasteiger partial charge in [-0.25, -0.2) is 4.79 Å². The first-order valence-electron chi connectivity index (χ1n) is 6.27. The SMILES string of the molecule is Cc1ccc(I)c(C(=O)NC2(C(=O)O)CCCC2)c1. The summed E-state index contributed by atoms with van der Waals surface area (Å²) < 4.78 is 0.833. The highest BCUT2D eigenvalue weighted by atomic mass is 127. The summed E-state index contributed by atoms with van der Waals surface area (Å²) in [7, 11) is 0. The first kappa shape index (κ1) is 14.3. The third-order valence-electron chi connectivity index (χ3n) is 3.59. The maximum atomic E-state index is 12.3. The summed E-state index contributed by atoms with van der Waals surface area (Å²) >= 11 is 2.09. The van der Waals surface area contributed by atoms with Gasteiger partial charge >= 0.3 is 5.97 Å². The van der Waals surface area contributed by atoms with Crippen molar-refractivity contribution in [2.45, 2.75) is 38.1 Å². The number of hydrogen-bond donors (Lipinski definition) is 2. The molecule has 1 saturated carbocycles. The van der Waals surface area contributed by atoms with Crippen LogP contribution in [0.15, 0.2) is 18.2 Å². The van der Waals surface area contributed by atoms with Gasteiger partial charge in [-0.05, 0) is 54.5 Å². The van der Waals surface area contributed by atoms with Crippen LogP contribution < -0.4 is 5.32 Å². The number of aliphatic carboxylic acids is 1. The number of hydrogen-bond acceptors (Lipinski definition) is 2. The third-order valence-corrected chi connectivity index (χ3v) is 4.53. The first-order valence-corrected chi connectivity index (χ1v) is 7.34. The van der Waals surface area contributed by atoms with Gasteiger partial charge in [-0.15, -0.1) is 0 Å². The minimum absolute atomic E-state index is 0.294. The van der Waals surface area contributed by atoms with Crippen LogP contribution in [0.25, 0.3) is 0 Å². The van der Waals surface area contributed by atoms with Gasteiger partial charge in [0.15, 0.2) is 0 Å². The van der Waals surface area contributed by atoms with E-state index in [9.17, 15) is 14.7 Å². The lowest BCUT2D eigenvalue weighted by atomic mass is 9.97. The van der Waals surface area contributed by atoms with Gasteiger partial charge in [0.25, 0.3) is 5.91 Å². The summed E-state index contributed by atoms with van der Waals surface area (Å²) in [4.78, 5) is 23.7. The molecule has 0 atom stereocenters. The molecule has 1 aliphatic rings. The van der Waals surface area contributed by atoms with Crippen molar-refractivity contribution in [1.29, 1.82) is 0 Å². The zero-order chi connectivity index (χ0) is 14.0. The van der Waals surface area contributed by atoms with Gasteiger partial charge in [0.1, 0.15) is 5.54 Å². The zero-order valence-corrected chi connectivity index (χ0v) is 12.9. The van der Waals surface area contributed by atoms with Gasteiger partial charge in [0.2, 0.25) is 0 Å². The lowest BCUT2D eigenvalue weighted by Gasteiger charge is -2.25. The predicted octanol–water partition coefficient (Wildman–Crippen LogP) is 2.73. The highest BCUT2D eigenvalue weighted by Crippen LogP contribution is 2.30. The van der Waals surface area contributed by atoms with Crippen molar-refractivity contribution >= 4 is 34.5 Å². The van der Waals surface area contributed by atoms with E-state index in [2.05, 4.69) is 27.9 Å². The van der Waals surface area contributed by atoms with E-state index in [0.717, 1.165) is 22.0 Å². The number of halogens is 1. The molecule has 4 nitrogen and oxygen atoms in total. The van der Waals surface area contributed by atoms with Crippen LogP contribution in [0, 0.1) is 10.5 Å². The van der Waals surface area contributed by atoms with E-state index < -0.39 is 11.5 Å². The number of carbonyl (C=O) groups is 2. The van der Waals surface area contributed by atoms with Crippen LogP contribution in [0.5, 0.6) is 0 Å². The molecule has 5 heteroatoms. The monoisotopic (exact) mass is 373 g/mol. The quantitative estimate of drug-likeness (QED) is 0.801. The fraction of sp³-hybridized carbons (Fsp3) is 0.429. The number of aryl methyl sites for hydroxylation is 1. The molecular weight excluding hydrogens is 357 g/mol. The summed E-state index contributed by atoms with van der Waals surface area (Å²) in [5.74, 6) is -1.22. The fourth-order valence-corrected chi connectivity index (χ4v) is 3.05. The molecular formula is C14H16INO3. The zero-order valence-electron chi connectivity index (χ0n) is 10.7. The Hall–Kier alpha value is -1.11. The Morgan fingerprint density at radius 2 is 1.95 bits per heavy atom. The maximum absolute atomic E-state index is 12.3. The Morgan fingerprint density at radius 3 is 2.53 bits per heavy atom. The Kier molecular flexibility index (Phi) is 4.13.